The van der Waals surface area contributed by atoms with Gasteiger partial charge in [-0.1, -0.05) is 121 Å². The van der Waals surface area contributed by atoms with E-state index in [-0.39, 0.29) is 0 Å². The minimum absolute atomic E-state index is 0.539. The summed E-state index contributed by atoms with van der Waals surface area (Å²) in [6, 6.07) is 44.7. The fraction of sp³-hybridized carbons (Fsp3) is 0.172. The van der Waals surface area contributed by atoms with Crippen LogP contribution in [0.25, 0.3) is 0 Å². The highest BCUT2D eigenvalue weighted by Gasteiger charge is 2.39. The maximum Gasteiger partial charge on any atom is 0.00887 e. The van der Waals surface area contributed by atoms with Gasteiger partial charge in [0.05, 0.1) is 0 Å². The second-order valence-corrected chi connectivity index (χ2v) is 9.79. The largest absolute Gasteiger partial charge is 0.105 e. The Morgan fingerprint density at radius 1 is 0.400 bits per heavy atom. The van der Waals surface area contributed by atoms with Gasteiger partial charge in [0.25, 0.3) is 0 Å². The maximum absolute atomic E-state index is 2.33. The number of benzene rings is 4. The average Bonchev–Trinajstić information content (AvgIpc) is 2.85. The average molecular weight is 407 g/mol. The molecule has 0 saturated carbocycles. The molecule has 1 saturated heterocycles. The van der Waals surface area contributed by atoms with Gasteiger partial charge in [0.15, 0.2) is 0 Å². The maximum atomic E-state index is 2.33. The molecule has 0 aromatic heterocycles. The summed E-state index contributed by atoms with van der Waals surface area (Å²) in [5.41, 5.74) is 7.03. The summed E-state index contributed by atoms with van der Waals surface area (Å²) < 4.78 is 0. The molecule has 1 aliphatic heterocycles. The van der Waals surface area contributed by atoms with Crippen molar-refractivity contribution in [3.8, 4) is 0 Å². The summed E-state index contributed by atoms with van der Waals surface area (Å²) in [5.74, 6) is 1.08. The summed E-state index contributed by atoms with van der Waals surface area (Å²) in [5, 5.41) is 0. The van der Waals surface area contributed by atoms with E-state index in [1.165, 1.54) is 28.7 Å². The quantitative estimate of drug-likeness (QED) is 0.300. The molecule has 0 nitrogen and oxygen atoms in total. The van der Waals surface area contributed by atoms with Crippen molar-refractivity contribution in [1.29, 1.82) is 0 Å². The van der Waals surface area contributed by atoms with Crippen molar-refractivity contribution in [3.63, 3.8) is 0 Å². The molecule has 0 spiro atoms. The molecule has 0 bridgehead atoms. The van der Waals surface area contributed by atoms with Gasteiger partial charge < -0.3 is 0 Å². The Balaban J connectivity index is 1.61. The highest BCUT2D eigenvalue weighted by Crippen LogP contribution is 2.64. The van der Waals surface area contributed by atoms with Gasteiger partial charge in [-0.25, -0.2) is 0 Å². The summed E-state index contributed by atoms with van der Waals surface area (Å²) in [6.07, 6.45) is 1.18. The molecule has 30 heavy (non-hydrogen) atoms. The fourth-order valence-corrected chi connectivity index (χ4v) is 7.29. The second-order valence-electron chi connectivity index (χ2n) is 8.21. The standard InChI is InChI=1S/C29H27P/c1-5-13-22(14-6-1)26-21-27(23-15-7-2-8-16-23)29(25-19-11-4-12-20-25)30-28(26)24-17-9-3-10-18-24/h1-20,26-30H,21H2. The molecule has 4 aromatic carbocycles. The Morgan fingerprint density at radius 3 is 1.03 bits per heavy atom. The highest BCUT2D eigenvalue weighted by molar-refractivity contribution is 7.39. The highest BCUT2D eigenvalue weighted by atomic mass is 31.1. The molecule has 148 valence electrons. The van der Waals surface area contributed by atoms with Crippen molar-refractivity contribution in [2.45, 2.75) is 29.6 Å². The Hall–Kier alpha value is -2.69. The zero-order chi connectivity index (χ0) is 20.2. The van der Waals surface area contributed by atoms with E-state index >= 15 is 0 Å². The molecule has 1 heterocycles. The van der Waals surface area contributed by atoms with Crippen LogP contribution < -0.4 is 0 Å². The normalized spacial score (nSPS) is 24.5. The fourth-order valence-electron chi connectivity index (χ4n) is 5.01. The third-order valence-electron chi connectivity index (χ3n) is 6.44. The zero-order valence-corrected chi connectivity index (χ0v) is 18.1. The SMILES string of the molecule is c1ccc(C2CC(c3ccccc3)C(c3ccccc3)PC2c2ccccc2)cc1. The molecular weight excluding hydrogens is 379 g/mol. The molecular formula is C29H27P. The van der Waals surface area contributed by atoms with Gasteiger partial charge >= 0.3 is 0 Å². The first kappa shape index (κ1) is 19.3. The van der Waals surface area contributed by atoms with Gasteiger partial charge in [-0.15, -0.1) is 8.58 Å². The van der Waals surface area contributed by atoms with Crippen LogP contribution in [0.5, 0.6) is 0 Å². The minimum Gasteiger partial charge on any atom is -0.105 e. The minimum atomic E-state index is 0.539. The van der Waals surface area contributed by atoms with Crippen LogP contribution >= 0.6 is 8.58 Å². The van der Waals surface area contributed by atoms with Crippen LogP contribution in [0.4, 0.5) is 0 Å². The molecule has 0 amide bonds. The van der Waals surface area contributed by atoms with E-state index in [1.54, 1.807) is 0 Å². The van der Waals surface area contributed by atoms with E-state index in [1.807, 2.05) is 0 Å². The summed E-state index contributed by atoms with van der Waals surface area (Å²) >= 11 is 0. The lowest BCUT2D eigenvalue weighted by Gasteiger charge is -2.43. The lowest BCUT2D eigenvalue weighted by molar-refractivity contribution is 0.481. The number of hydrogen-bond donors (Lipinski definition) is 0. The molecule has 1 aliphatic rings. The summed E-state index contributed by atoms with van der Waals surface area (Å²) in [7, 11) is 0.850. The molecule has 4 unspecified atom stereocenters. The van der Waals surface area contributed by atoms with Gasteiger partial charge in [0.1, 0.15) is 0 Å². The molecule has 0 radical (unpaired) electrons. The number of rotatable bonds is 4. The lowest BCUT2D eigenvalue weighted by Crippen LogP contribution is -2.22. The van der Waals surface area contributed by atoms with Crippen LogP contribution in [0.15, 0.2) is 121 Å². The predicted molar refractivity (Wildman–Crippen MR) is 130 cm³/mol. The van der Waals surface area contributed by atoms with Gasteiger partial charge in [-0.2, -0.15) is 0 Å². The monoisotopic (exact) mass is 406 g/mol. The van der Waals surface area contributed by atoms with Crippen molar-refractivity contribution in [1.82, 2.24) is 0 Å². The first-order valence-corrected chi connectivity index (χ1v) is 12.0. The van der Waals surface area contributed by atoms with Crippen molar-refractivity contribution >= 4 is 8.58 Å². The van der Waals surface area contributed by atoms with Crippen LogP contribution in [0, 0.1) is 0 Å². The van der Waals surface area contributed by atoms with Crippen LogP contribution in [0.2, 0.25) is 0 Å². The van der Waals surface area contributed by atoms with E-state index in [2.05, 4.69) is 121 Å². The molecule has 0 aliphatic carbocycles. The van der Waals surface area contributed by atoms with Gasteiger partial charge in [-0.05, 0) is 40.5 Å². The smallest absolute Gasteiger partial charge is 0.00887 e. The Morgan fingerprint density at radius 2 is 0.700 bits per heavy atom. The van der Waals surface area contributed by atoms with Crippen LogP contribution in [-0.4, -0.2) is 0 Å². The van der Waals surface area contributed by atoms with Crippen molar-refractivity contribution < 1.29 is 0 Å². The first-order valence-electron chi connectivity index (χ1n) is 10.9. The van der Waals surface area contributed by atoms with Crippen molar-refractivity contribution in [2.24, 2.45) is 0 Å². The Kier molecular flexibility index (Phi) is 5.78. The van der Waals surface area contributed by atoms with E-state index in [4.69, 9.17) is 0 Å². The lowest BCUT2D eigenvalue weighted by atomic mass is 9.78. The van der Waals surface area contributed by atoms with Gasteiger partial charge in [0, 0.05) is 11.3 Å². The van der Waals surface area contributed by atoms with E-state index in [0.29, 0.717) is 23.2 Å². The Labute approximate surface area is 181 Å². The molecule has 1 fully saturated rings. The van der Waals surface area contributed by atoms with Crippen molar-refractivity contribution in [3.05, 3.63) is 144 Å². The van der Waals surface area contributed by atoms with E-state index < -0.39 is 0 Å². The van der Waals surface area contributed by atoms with E-state index in [0.717, 1.165) is 8.58 Å². The predicted octanol–water partition coefficient (Wildman–Crippen LogP) is 8.12. The first-order chi connectivity index (χ1) is 14.9. The molecule has 0 N–H and O–H groups in total. The molecule has 4 aromatic rings. The Bertz CT molecular complexity index is 869. The van der Waals surface area contributed by atoms with Crippen LogP contribution in [0.3, 0.4) is 0 Å². The summed E-state index contributed by atoms with van der Waals surface area (Å²) in [6.45, 7) is 0. The molecule has 4 atom stereocenters. The second kappa shape index (κ2) is 8.99. The van der Waals surface area contributed by atoms with E-state index in [9.17, 15) is 0 Å². The van der Waals surface area contributed by atoms with Crippen molar-refractivity contribution in [2.75, 3.05) is 0 Å². The topological polar surface area (TPSA) is 0 Å². The van der Waals surface area contributed by atoms with Crippen LogP contribution in [0.1, 0.15) is 51.8 Å². The molecule has 5 rings (SSSR count). The van der Waals surface area contributed by atoms with Gasteiger partial charge in [0.2, 0.25) is 0 Å². The number of hydrogen-bond acceptors (Lipinski definition) is 0. The zero-order valence-electron chi connectivity index (χ0n) is 17.1. The van der Waals surface area contributed by atoms with Crippen LogP contribution in [-0.2, 0) is 0 Å². The summed E-state index contributed by atoms with van der Waals surface area (Å²) in [4.78, 5) is 0. The van der Waals surface area contributed by atoms with Gasteiger partial charge in [-0.3, -0.25) is 0 Å². The third-order valence-corrected chi connectivity index (χ3v) is 8.63. The molecule has 1 heteroatoms. The third kappa shape index (κ3) is 3.98.